The van der Waals surface area contributed by atoms with Crippen LogP contribution in [0.4, 0.5) is 4.39 Å². The van der Waals surface area contributed by atoms with Crippen molar-refractivity contribution in [2.75, 3.05) is 20.1 Å². The summed E-state index contributed by atoms with van der Waals surface area (Å²) in [5.41, 5.74) is 5.58. The molecule has 0 heterocycles. The van der Waals surface area contributed by atoms with Gasteiger partial charge in [-0.1, -0.05) is 19.1 Å². The van der Waals surface area contributed by atoms with Crippen LogP contribution < -0.4 is 5.73 Å². The van der Waals surface area contributed by atoms with Crippen molar-refractivity contribution in [3.63, 3.8) is 0 Å². The molecular weight excluding hydrogens is 207 g/mol. The lowest BCUT2D eigenvalue weighted by molar-refractivity contribution is 0.0773. The van der Waals surface area contributed by atoms with E-state index in [1.165, 1.54) is 17.0 Å². The molecule has 1 amide bonds. The first-order valence-corrected chi connectivity index (χ1v) is 5.26. The highest BCUT2D eigenvalue weighted by Crippen LogP contribution is 2.10. The molecule has 16 heavy (non-hydrogen) atoms. The Balaban J connectivity index is 2.75. The highest BCUT2D eigenvalue weighted by atomic mass is 19.1. The molecule has 0 saturated heterocycles. The molecule has 0 fully saturated rings. The molecule has 3 nitrogen and oxygen atoms in total. The van der Waals surface area contributed by atoms with Crippen LogP contribution in [0.3, 0.4) is 0 Å². The maximum absolute atomic E-state index is 13.3. The fourth-order valence-electron chi connectivity index (χ4n) is 1.47. The Morgan fingerprint density at radius 1 is 1.50 bits per heavy atom. The van der Waals surface area contributed by atoms with Gasteiger partial charge >= 0.3 is 0 Å². The molecule has 1 atom stereocenters. The molecule has 1 aromatic carbocycles. The van der Waals surface area contributed by atoms with Crippen LogP contribution in [0, 0.1) is 11.7 Å². The fraction of sp³-hybridized carbons (Fsp3) is 0.417. The molecule has 2 N–H and O–H groups in total. The van der Waals surface area contributed by atoms with Crippen molar-refractivity contribution < 1.29 is 9.18 Å². The van der Waals surface area contributed by atoms with Crippen LogP contribution >= 0.6 is 0 Å². The van der Waals surface area contributed by atoms with Gasteiger partial charge in [0.1, 0.15) is 5.82 Å². The van der Waals surface area contributed by atoms with E-state index < -0.39 is 5.82 Å². The number of hydrogen-bond donors (Lipinski definition) is 1. The lowest BCUT2D eigenvalue weighted by atomic mass is 10.1. The first-order chi connectivity index (χ1) is 7.56. The fourth-order valence-corrected chi connectivity index (χ4v) is 1.47. The predicted molar refractivity (Wildman–Crippen MR) is 61.6 cm³/mol. The van der Waals surface area contributed by atoms with E-state index in [1.807, 2.05) is 6.92 Å². The third kappa shape index (κ3) is 3.03. The van der Waals surface area contributed by atoms with Gasteiger partial charge in [0.25, 0.3) is 5.91 Å². The maximum Gasteiger partial charge on any atom is 0.256 e. The van der Waals surface area contributed by atoms with Gasteiger partial charge in [0, 0.05) is 13.6 Å². The molecule has 88 valence electrons. The number of hydrogen-bond acceptors (Lipinski definition) is 2. The summed E-state index contributed by atoms with van der Waals surface area (Å²) < 4.78 is 13.3. The van der Waals surface area contributed by atoms with Gasteiger partial charge in [0.2, 0.25) is 0 Å². The summed E-state index contributed by atoms with van der Waals surface area (Å²) in [6, 6.07) is 5.99. The average Bonchev–Trinajstić information content (AvgIpc) is 2.28. The lowest BCUT2D eigenvalue weighted by Crippen LogP contribution is -2.33. The zero-order valence-corrected chi connectivity index (χ0v) is 9.61. The van der Waals surface area contributed by atoms with Crippen molar-refractivity contribution in [1.29, 1.82) is 0 Å². The van der Waals surface area contributed by atoms with Crippen molar-refractivity contribution in [1.82, 2.24) is 4.90 Å². The third-order valence-corrected chi connectivity index (χ3v) is 2.44. The Morgan fingerprint density at radius 2 is 2.12 bits per heavy atom. The topological polar surface area (TPSA) is 46.3 Å². The Labute approximate surface area is 95.0 Å². The SMILES string of the molecule is CC(CN)CN(C)C(=O)c1ccccc1F. The molecule has 4 heteroatoms. The Morgan fingerprint density at radius 3 is 2.69 bits per heavy atom. The van der Waals surface area contributed by atoms with E-state index in [-0.39, 0.29) is 17.4 Å². The van der Waals surface area contributed by atoms with Gasteiger partial charge in [-0.2, -0.15) is 0 Å². The van der Waals surface area contributed by atoms with Crippen molar-refractivity contribution >= 4 is 5.91 Å². The zero-order valence-electron chi connectivity index (χ0n) is 9.61. The molecule has 0 aromatic heterocycles. The van der Waals surface area contributed by atoms with Crippen LogP contribution in [0.2, 0.25) is 0 Å². The summed E-state index contributed by atoms with van der Waals surface area (Å²) >= 11 is 0. The molecule has 0 aliphatic heterocycles. The first kappa shape index (κ1) is 12.6. The Hall–Kier alpha value is -1.42. The van der Waals surface area contributed by atoms with E-state index in [4.69, 9.17) is 5.73 Å². The molecule has 1 aromatic rings. The van der Waals surface area contributed by atoms with E-state index in [1.54, 1.807) is 19.2 Å². The molecule has 0 saturated carbocycles. The van der Waals surface area contributed by atoms with Crippen molar-refractivity contribution in [2.24, 2.45) is 11.7 Å². The van der Waals surface area contributed by atoms with Crippen LogP contribution in [-0.2, 0) is 0 Å². The standard InChI is InChI=1S/C12H17FN2O/c1-9(7-14)8-15(2)12(16)10-5-3-4-6-11(10)13/h3-6,9H,7-8,14H2,1-2H3. The summed E-state index contributed by atoms with van der Waals surface area (Å²) in [6.07, 6.45) is 0. The molecule has 1 unspecified atom stereocenters. The van der Waals surface area contributed by atoms with Gasteiger partial charge < -0.3 is 10.6 Å². The summed E-state index contributed by atoms with van der Waals surface area (Å²) in [4.78, 5) is 13.4. The normalized spacial score (nSPS) is 12.2. The van der Waals surface area contributed by atoms with Gasteiger partial charge in [0.05, 0.1) is 5.56 Å². The monoisotopic (exact) mass is 224 g/mol. The van der Waals surface area contributed by atoms with Gasteiger partial charge in [-0.25, -0.2) is 4.39 Å². The second-order valence-corrected chi connectivity index (χ2v) is 4.01. The number of halogens is 1. The number of benzene rings is 1. The minimum atomic E-state index is -0.486. The summed E-state index contributed by atoms with van der Waals surface area (Å²) in [5.74, 6) is -0.584. The van der Waals surface area contributed by atoms with Gasteiger partial charge in [-0.15, -0.1) is 0 Å². The second-order valence-electron chi connectivity index (χ2n) is 4.01. The van der Waals surface area contributed by atoms with Crippen LogP contribution in [0.15, 0.2) is 24.3 Å². The number of carbonyl (C=O) groups is 1. The van der Waals surface area contributed by atoms with E-state index in [0.717, 1.165) is 0 Å². The smallest absolute Gasteiger partial charge is 0.256 e. The predicted octanol–water partition coefficient (Wildman–Crippen LogP) is 1.49. The molecule has 0 aliphatic carbocycles. The number of rotatable bonds is 4. The Bertz CT molecular complexity index is 368. The van der Waals surface area contributed by atoms with Crippen LogP contribution in [0.25, 0.3) is 0 Å². The van der Waals surface area contributed by atoms with Gasteiger partial charge in [-0.3, -0.25) is 4.79 Å². The highest BCUT2D eigenvalue weighted by Gasteiger charge is 2.16. The molecular formula is C12H17FN2O. The molecule has 0 aliphatic rings. The first-order valence-electron chi connectivity index (χ1n) is 5.26. The minimum Gasteiger partial charge on any atom is -0.341 e. The minimum absolute atomic E-state index is 0.106. The molecule has 1 rings (SSSR count). The van der Waals surface area contributed by atoms with E-state index in [9.17, 15) is 9.18 Å². The van der Waals surface area contributed by atoms with Crippen molar-refractivity contribution in [3.8, 4) is 0 Å². The van der Waals surface area contributed by atoms with Gasteiger partial charge in [0.15, 0.2) is 0 Å². The summed E-state index contributed by atoms with van der Waals surface area (Å²) in [5, 5.41) is 0. The van der Waals surface area contributed by atoms with E-state index in [2.05, 4.69) is 0 Å². The largest absolute Gasteiger partial charge is 0.341 e. The number of amides is 1. The molecule has 0 radical (unpaired) electrons. The average molecular weight is 224 g/mol. The third-order valence-electron chi connectivity index (χ3n) is 2.44. The number of carbonyl (C=O) groups excluding carboxylic acids is 1. The molecule has 0 bridgehead atoms. The summed E-state index contributed by atoms with van der Waals surface area (Å²) in [7, 11) is 1.65. The van der Waals surface area contributed by atoms with Crippen molar-refractivity contribution in [2.45, 2.75) is 6.92 Å². The Kier molecular flexibility index (Phi) is 4.43. The lowest BCUT2D eigenvalue weighted by Gasteiger charge is -2.20. The maximum atomic E-state index is 13.3. The quantitative estimate of drug-likeness (QED) is 0.842. The van der Waals surface area contributed by atoms with E-state index >= 15 is 0 Å². The number of nitrogens with zero attached hydrogens (tertiary/aromatic N) is 1. The van der Waals surface area contributed by atoms with E-state index in [0.29, 0.717) is 13.1 Å². The molecule has 0 spiro atoms. The van der Waals surface area contributed by atoms with Gasteiger partial charge in [-0.05, 0) is 24.6 Å². The highest BCUT2D eigenvalue weighted by molar-refractivity contribution is 5.94. The van der Waals surface area contributed by atoms with Crippen LogP contribution in [0.5, 0.6) is 0 Å². The van der Waals surface area contributed by atoms with Crippen LogP contribution in [-0.4, -0.2) is 30.9 Å². The summed E-state index contributed by atoms with van der Waals surface area (Å²) in [6.45, 7) is 2.99. The number of nitrogens with two attached hydrogens (primary N) is 1. The zero-order chi connectivity index (χ0) is 12.1. The second kappa shape index (κ2) is 5.61. The van der Waals surface area contributed by atoms with Crippen molar-refractivity contribution in [3.05, 3.63) is 35.6 Å². The van der Waals surface area contributed by atoms with Crippen LogP contribution in [0.1, 0.15) is 17.3 Å².